The maximum atomic E-state index is 12.0. The van der Waals surface area contributed by atoms with E-state index in [1.165, 1.54) is 0 Å². The summed E-state index contributed by atoms with van der Waals surface area (Å²) in [5, 5.41) is 11.7. The Kier molecular flexibility index (Phi) is 6.12. The summed E-state index contributed by atoms with van der Waals surface area (Å²) in [7, 11) is 0. The first kappa shape index (κ1) is 15.0. The molecule has 0 saturated carbocycles. The maximum Gasteiger partial charge on any atom is 0.326 e. The van der Waals surface area contributed by atoms with Crippen LogP contribution in [0.1, 0.15) is 46.0 Å². The SMILES string of the molecule is CCCCC(NC(=O)C1CCOC(C)C1)C(=O)O. The van der Waals surface area contributed by atoms with E-state index in [0.717, 1.165) is 12.8 Å². The van der Waals surface area contributed by atoms with Crippen molar-refractivity contribution in [2.24, 2.45) is 5.92 Å². The molecule has 1 saturated heterocycles. The van der Waals surface area contributed by atoms with E-state index < -0.39 is 12.0 Å². The van der Waals surface area contributed by atoms with E-state index in [1.54, 1.807) is 0 Å². The predicted molar refractivity (Wildman–Crippen MR) is 67.2 cm³/mol. The van der Waals surface area contributed by atoms with Crippen molar-refractivity contribution in [2.75, 3.05) is 6.61 Å². The standard InChI is InChI=1S/C13H23NO4/c1-3-4-5-11(13(16)17)14-12(15)10-6-7-18-9(2)8-10/h9-11H,3-8H2,1-2H3,(H,14,15)(H,16,17). The molecule has 3 unspecified atom stereocenters. The Morgan fingerprint density at radius 3 is 2.78 bits per heavy atom. The molecule has 2 N–H and O–H groups in total. The van der Waals surface area contributed by atoms with Gasteiger partial charge in [-0.1, -0.05) is 19.8 Å². The summed E-state index contributed by atoms with van der Waals surface area (Å²) >= 11 is 0. The summed E-state index contributed by atoms with van der Waals surface area (Å²) in [6, 6.07) is -0.754. The highest BCUT2D eigenvalue weighted by atomic mass is 16.5. The van der Waals surface area contributed by atoms with Gasteiger partial charge in [-0.15, -0.1) is 0 Å². The zero-order valence-corrected chi connectivity index (χ0v) is 11.1. The van der Waals surface area contributed by atoms with Gasteiger partial charge < -0.3 is 15.2 Å². The lowest BCUT2D eigenvalue weighted by Crippen LogP contribution is -2.45. The molecular weight excluding hydrogens is 234 g/mol. The van der Waals surface area contributed by atoms with Gasteiger partial charge in [0, 0.05) is 12.5 Å². The Hall–Kier alpha value is -1.10. The Bertz CT molecular complexity index is 293. The third-order valence-electron chi connectivity index (χ3n) is 3.32. The number of carbonyl (C=O) groups is 2. The molecule has 0 aromatic carbocycles. The highest BCUT2D eigenvalue weighted by molar-refractivity contribution is 5.85. The van der Waals surface area contributed by atoms with Crippen molar-refractivity contribution in [1.29, 1.82) is 0 Å². The number of carboxylic acids is 1. The summed E-state index contributed by atoms with van der Waals surface area (Å²) in [5.41, 5.74) is 0. The average molecular weight is 257 g/mol. The summed E-state index contributed by atoms with van der Waals surface area (Å²) < 4.78 is 5.38. The van der Waals surface area contributed by atoms with Gasteiger partial charge >= 0.3 is 5.97 Å². The zero-order chi connectivity index (χ0) is 13.5. The number of carbonyl (C=O) groups excluding carboxylic acids is 1. The fourth-order valence-corrected chi connectivity index (χ4v) is 2.19. The Labute approximate surface area is 108 Å². The van der Waals surface area contributed by atoms with Crippen LogP contribution in [0.3, 0.4) is 0 Å². The van der Waals surface area contributed by atoms with E-state index in [-0.39, 0.29) is 17.9 Å². The molecule has 1 aliphatic heterocycles. The van der Waals surface area contributed by atoms with Crippen LogP contribution in [0.4, 0.5) is 0 Å². The van der Waals surface area contributed by atoms with Gasteiger partial charge in [0.1, 0.15) is 6.04 Å². The number of aliphatic carboxylic acids is 1. The van der Waals surface area contributed by atoms with Crippen molar-refractivity contribution in [1.82, 2.24) is 5.32 Å². The van der Waals surface area contributed by atoms with Crippen molar-refractivity contribution >= 4 is 11.9 Å². The molecule has 1 amide bonds. The summed E-state index contributed by atoms with van der Waals surface area (Å²) in [6.45, 7) is 4.51. The second kappa shape index (κ2) is 7.36. The fraction of sp³-hybridized carbons (Fsp3) is 0.846. The monoisotopic (exact) mass is 257 g/mol. The van der Waals surface area contributed by atoms with Crippen molar-refractivity contribution < 1.29 is 19.4 Å². The molecule has 3 atom stereocenters. The van der Waals surface area contributed by atoms with Gasteiger partial charge in [-0.25, -0.2) is 4.79 Å². The van der Waals surface area contributed by atoms with Crippen LogP contribution in [0.15, 0.2) is 0 Å². The van der Waals surface area contributed by atoms with Crippen LogP contribution in [-0.4, -0.2) is 35.7 Å². The van der Waals surface area contributed by atoms with Crippen molar-refractivity contribution in [3.63, 3.8) is 0 Å². The van der Waals surface area contributed by atoms with Crippen LogP contribution in [0.5, 0.6) is 0 Å². The summed E-state index contributed by atoms with van der Waals surface area (Å²) in [5.74, 6) is -1.21. The lowest BCUT2D eigenvalue weighted by atomic mass is 9.95. The van der Waals surface area contributed by atoms with Gasteiger partial charge in [-0.05, 0) is 26.2 Å². The second-order valence-corrected chi connectivity index (χ2v) is 4.94. The first-order valence-electron chi connectivity index (χ1n) is 6.69. The number of ether oxygens (including phenoxy) is 1. The zero-order valence-electron chi connectivity index (χ0n) is 11.1. The number of unbranched alkanes of at least 4 members (excludes halogenated alkanes) is 1. The fourth-order valence-electron chi connectivity index (χ4n) is 2.19. The molecular formula is C13H23NO4. The smallest absolute Gasteiger partial charge is 0.326 e. The third-order valence-corrected chi connectivity index (χ3v) is 3.32. The van der Waals surface area contributed by atoms with Crippen molar-refractivity contribution in [3.8, 4) is 0 Å². The summed E-state index contributed by atoms with van der Waals surface area (Å²) in [6.07, 6.45) is 3.65. The van der Waals surface area contributed by atoms with Gasteiger partial charge in [-0.2, -0.15) is 0 Å². The van der Waals surface area contributed by atoms with Crippen LogP contribution in [0, 0.1) is 5.92 Å². The van der Waals surface area contributed by atoms with E-state index in [2.05, 4.69) is 5.32 Å². The topological polar surface area (TPSA) is 75.6 Å². The molecule has 104 valence electrons. The first-order chi connectivity index (χ1) is 8.54. The predicted octanol–water partition coefficient (Wildman–Crippen LogP) is 1.56. The largest absolute Gasteiger partial charge is 0.480 e. The highest BCUT2D eigenvalue weighted by Gasteiger charge is 2.28. The molecule has 1 fully saturated rings. The van der Waals surface area contributed by atoms with Crippen molar-refractivity contribution in [2.45, 2.75) is 58.1 Å². The average Bonchev–Trinajstić information content (AvgIpc) is 2.33. The molecule has 0 radical (unpaired) electrons. The quantitative estimate of drug-likeness (QED) is 0.757. The molecule has 0 aromatic heterocycles. The molecule has 1 rings (SSSR count). The van der Waals surface area contributed by atoms with Crippen molar-refractivity contribution in [3.05, 3.63) is 0 Å². The van der Waals surface area contributed by atoms with Crippen LogP contribution in [0.25, 0.3) is 0 Å². The molecule has 5 nitrogen and oxygen atoms in total. The van der Waals surface area contributed by atoms with E-state index >= 15 is 0 Å². The molecule has 0 aliphatic carbocycles. The lowest BCUT2D eigenvalue weighted by molar-refractivity contribution is -0.143. The van der Waals surface area contributed by atoms with E-state index in [9.17, 15) is 9.59 Å². The molecule has 1 aliphatic rings. The molecule has 0 bridgehead atoms. The van der Waals surface area contributed by atoms with Crippen LogP contribution in [0.2, 0.25) is 0 Å². The minimum Gasteiger partial charge on any atom is -0.480 e. The molecule has 1 heterocycles. The van der Waals surface area contributed by atoms with Gasteiger partial charge in [0.2, 0.25) is 5.91 Å². The minimum atomic E-state index is -0.947. The van der Waals surface area contributed by atoms with E-state index in [4.69, 9.17) is 9.84 Å². The number of amides is 1. The van der Waals surface area contributed by atoms with E-state index in [0.29, 0.717) is 25.9 Å². The number of nitrogens with one attached hydrogen (secondary N) is 1. The number of carboxylic acid groups (broad SMARTS) is 1. The van der Waals surface area contributed by atoms with Crippen LogP contribution < -0.4 is 5.32 Å². The Balaban J connectivity index is 2.46. The number of hydrogen-bond donors (Lipinski definition) is 2. The molecule has 0 aromatic rings. The van der Waals surface area contributed by atoms with Crippen LogP contribution in [-0.2, 0) is 14.3 Å². The van der Waals surface area contributed by atoms with Gasteiger partial charge in [0.25, 0.3) is 0 Å². The second-order valence-electron chi connectivity index (χ2n) is 4.94. The summed E-state index contributed by atoms with van der Waals surface area (Å²) in [4.78, 5) is 23.0. The number of hydrogen-bond acceptors (Lipinski definition) is 3. The van der Waals surface area contributed by atoms with Crippen LogP contribution >= 0.6 is 0 Å². The molecule has 18 heavy (non-hydrogen) atoms. The minimum absolute atomic E-state index is 0.0772. The highest BCUT2D eigenvalue weighted by Crippen LogP contribution is 2.20. The van der Waals surface area contributed by atoms with Gasteiger partial charge in [0.05, 0.1) is 6.10 Å². The first-order valence-corrected chi connectivity index (χ1v) is 6.69. The number of rotatable bonds is 6. The molecule has 0 spiro atoms. The van der Waals surface area contributed by atoms with Gasteiger partial charge in [0.15, 0.2) is 0 Å². The van der Waals surface area contributed by atoms with E-state index in [1.807, 2.05) is 13.8 Å². The third kappa shape index (κ3) is 4.64. The Morgan fingerprint density at radius 1 is 1.50 bits per heavy atom. The normalized spacial score (nSPS) is 25.4. The lowest BCUT2D eigenvalue weighted by Gasteiger charge is -2.27. The maximum absolute atomic E-state index is 12.0. The Morgan fingerprint density at radius 2 is 2.22 bits per heavy atom. The van der Waals surface area contributed by atoms with Gasteiger partial charge in [-0.3, -0.25) is 4.79 Å². The molecule has 5 heteroatoms.